The van der Waals surface area contributed by atoms with Gasteiger partial charge in [0, 0.05) is 26.4 Å². The Balaban J connectivity index is 1.79. The van der Waals surface area contributed by atoms with Crippen molar-refractivity contribution in [2.45, 2.75) is 47.1 Å². The summed E-state index contributed by atoms with van der Waals surface area (Å²) in [6.45, 7) is 12.0. The third-order valence-corrected chi connectivity index (χ3v) is 7.14. The zero-order chi connectivity index (χ0) is 25.4. The average Bonchev–Trinajstić information content (AvgIpc) is 2.82. The van der Waals surface area contributed by atoms with Crippen LogP contribution < -0.4 is 9.47 Å². The van der Waals surface area contributed by atoms with Gasteiger partial charge in [-0.05, 0) is 72.4 Å². The molecule has 0 saturated carbocycles. The van der Waals surface area contributed by atoms with Crippen LogP contribution in [0.3, 0.4) is 0 Å². The van der Waals surface area contributed by atoms with Crippen LogP contribution in [-0.2, 0) is 24.0 Å². The zero-order valence-electron chi connectivity index (χ0n) is 21.7. The van der Waals surface area contributed by atoms with Crippen LogP contribution in [0.1, 0.15) is 44.4 Å². The summed E-state index contributed by atoms with van der Waals surface area (Å²) in [5.74, 6) is 0.889. The van der Waals surface area contributed by atoms with E-state index in [0.717, 1.165) is 48.1 Å². The van der Waals surface area contributed by atoms with Gasteiger partial charge in [-0.1, -0.05) is 51.1 Å². The summed E-state index contributed by atoms with van der Waals surface area (Å²) in [5.41, 5.74) is 4.77. The van der Waals surface area contributed by atoms with Gasteiger partial charge in [0.2, 0.25) is 5.88 Å². The number of methoxy groups -OCH3 is 1. The summed E-state index contributed by atoms with van der Waals surface area (Å²) in [6.07, 6.45) is 4.04. The van der Waals surface area contributed by atoms with Gasteiger partial charge in [-0.15, -0.1) is 0 Å². The number of hydrogen-bond donors (Lipinski definition) is 0. The van der Waals surface area contributed by atoms with E-state index in [1.165, 1.54) is 18.9 Å². The molecule has 1 unspecified atom stereocenters. The smallest absolute Gasteiger partial charge is 0.213 e. The Morgan fingerprint density at radius 2 is 1.80 bits per heavy atom. The topological polar surface area (TPSA) is 40.6 Å². The summed E-state index contributed by atoms with van der Waals surface area (Å²) in [4.78, 5) is 3.98. The molecule has 0 bridgehead atoms. The van der Waals surface area contributed by atoms with Crippen LogP contribution in [0.15, 0.2) is 54.7 Å². The highest BCUT2D eigenvalue weighted by atomic mass is 31.1. The third-order valence-electron chi connectivity index (χ3n) is 5.59. The van der Waals surface area contributed by atoms with Crippen LogP contribution >= 0.6 is 8.15 Å². The second kappa shape index (κ2) is 12.5. The first-order chi connectivity index (χ1) is 16.7. The normalized spacial score (nSPS) is 12.4. The first-order valence-corrected chi connectivity index (χ1v) is 13.9. The van der Waals surface area contributed by atoms with E-state index in [-0.39, 0.29) is 19.4 Å². The van der Waals surface area contributed by atoms with Crippen molar-refractivity contribution in [3.63, 3.8) is 0 Å². The molecule has 1 atom stereocenters. The van der Waals surface area contributed by atoms with Crippen molar-refractivity contribution in [1.82, 2.24) is 4.98 Å². The van der Waals surface area contributed by atoms with Gasteiger partial charge in [-0.2, -0.15) is 0 Å². The van der Waals surface area contributed by atoms with Crippen LogP contribution in [-0.4, -0.2) is 31.5 Å². The van der Waals surface area contributed by atoms with Crippen molar-refractivity contribution in [1.29, 1.82) is 0 Å². The van der Waals surface area contributed by atoms with Gasteiger partial charge in [0.1, 0.15) is 18.2 Å². The van der Waals surface area contributed by atoms with Crippen molar-refractivity contribution in [3.05, 3.63) is 77.2 Å². The molecule has 0 amide bonds. The van der Waals surface area contributed by atoms with E-state index in [2.05, 4.69) is 50.6 Å². The Hall–Kier alpha value is -2.49. The molecule has 0 aliphatic carbocycles. The largest absolute Gasteiger partial charge is 0.489 e. The second-order valence-electron chi connectivity index (χ2n) is 9.89. The molecule has 0 aliphatic rings. The SMILES string of the molecule is CCOP(C)CCc1cccc(OCc2ccc(-c3cc(OC)ncc3F)c(CC(C)(C)C)c2)c1. The predicted molar refractivity (Wildman–Crippen MR) is 143 cm³/mol. The summed E-state index contributed by atoms with van der Waals surface area (Å²) in [5, 5.41) is 0. The molecule has 1 aromatic heterocycles. The van der Waals surface area contributed by atoms with Crippen molar-refractivity contribution in [2.24, 2.45) is 5.41 Å². The molecular formula is C29H37FNO3P. The maximum absolute atomic E-state index is 14.7. The molecule has 0 spiro atoms. The van der Waals surface area contributed by atoms with Gasteiger partial charge in [0.25, 0.3) is 0 Å². The summed E-state index contributed by atoms with van der Waals surface area (Å²) >= 11 is 0. The van der Waals surface area contributed by atoms with Crippen LogP contribution in [0, 0.1) is 11.2 Å². The Labute approximate surface area is 210 Å². The number of aryl methyl sites for hydroxylation is 1. The monoisotopic (exact) mass is 497 g/mol. The standard InChI is InChI=1S/C29H37FNO3P/c1-7-34-35(6)14-13-21-9-8-10-24(16-21)33-20-22-11-12-25(23(15-22)18-29(2,3)4)26-17-28(32-5)31-19-27(26)30/h8-12,15-17,19H,7,13-14,18,20H2,1-6H3. The zero-order valence-corrected chi connectivity index (χ0v) is 22.6. The number of benzene rings is 2. The molecule has 4 nitrogen and oxygen atoms in total. The van der Waals surface area contributed by atoms with Crippen LogP contribution in [0.2, 0.25) is 0 Å². The van der Waals surface area contributed by atoms with E-state index in [1.807, 2.05) is 31.2 Å². The van der Waals surface area contributed by atoms with Crippen molar-refractivity contribution in [3.8, 4) is 22.8 Å². The summed E-state index contributed by atoms with van der Waals surface area (Å²) < 4.78 is 31.8. The van der Waals surface area contributed by atoms with Gasteiger partial charge in [0.15, 0.2) is 0 Å². The molecule has 0 N–H and O–H groups in total. The Kier molecular flexibility index (Phi) is 9.65. The number of nitrogens with zero attached hydrogens (tertiary/aromatic N) is 1. The average molecular weight is 498 g/mol. The molecule has 6 heteroatoms. The minimum absolute atomic E-state index is 0.0380. The Bertz CT molecular complexity index is 1110. The fourth-order valence-electron chi connectivity index (χ4n) is 3.98. The Morgan fingerprint density at radius 1 is 1.00 bits per heavy atom. The lowest BCUT2D eigenvalue weighted by Gasteiger charge is -2.22. The third kappa shape index (κ3) is 8.30. The molecule has 3 aromatic rings. The van der Waals surface area contributed by atoms with Crippen molar-refractivity contribution < 1.29 is 18.4 Å². The highest BCUT2D eigenvalue weighted by Crippen LogP contribution is 2.34. The molecule has 0 radical (unpaired) electrons. The van der Waals surface area contributed by atoms with Gasteiger partial charge in [0.05, 0.1) is 13.3 Å². The summed E-state index contributed by atoms with van der Waals surface area (Å²) in [7, 11) is 1.16. The van der Waals surface area contributed by atoms with E-state index in [1.54, 1.807) is 6.07 Å². The number of aromatic nitrogens is 1. The number of halogens is 1. The lowest BCUT2D eigenvalue weighted by atomic mass is 9.84. The molecule has 3 rings (SSSR count). The van der Waals surface area contributed by atoms with Gasteiger partial charge >= 0.3 is 0 Å². The van der Waals surface area contributed by atoms with Crippen LogP contribution in [0.4, 0.5) is 4.39 Å². The van der Waals surface area contributed by atoms with E-state index in [4.69, 9.17) is 14.0 Å². The maximum atomic E-state index is 14.7. The molecular weight excluding hydrogens is 460 g/mol. The van der Waals surface area contributed by atoms with E-state index in [0.29, 0.717) is 18.1 Å². The lowest BCUT2D eigenvalue weighted by molar-refractivity contribution is 0.305. The summed E-state index contributed by atoms with van der Waals surface area (Å²) in [6, 6.07) is 16.0. The van der Waals surface area contributed by atoms with Crippen molar-refractivity contribution >= 4 is 8.15 Å². The van der Waals surface area contributed by atoms with Crippen LogP contribution in [0.5, 0.6) is 11.6 Å². The van der Waals surface area contributed by atoms with Gasteiger partial charge in [-0.3, -0.25) is 0 Å². The fraction of sp³-hybridized carbons (Fsp3) is 0.414. The first-order valence-electron chi connectivity index (χ1n) is 12.1. The van der Waals surface area contributed by atoms with Crippen LogP contribution in [0.25, 0.3) is 11.1 Å². The molecule has 0 aliphatic heterocycles. The number of pyridine rings is 1. The number of rotatable bonds is 11. The maximum Gasteiger partial charge on any atom is 0.213 e. The molecule has 35 heavy (non-hydrogen) atoms. The minimum atomic E-state index is -0.381. The van der Waals surface area contributed by atoms with Gasteiger partial charge < -0.3 is 14.0 Å². The first kappa shape index (κ1) is 27.1. The van der Waals surface area contributed by atoms with E-state index in [9.17, 15) is 4.39 Å². The molecule has 0 saturated heterocycles. The minimum Gasteiger partial charge on any atom is -0.489 e. The van der Waals surface area contributed by atoms with Crippen molar-refractivity contribution in [2.75, 3.05) is 26.5 Å². The van der Waals surface area contributed by atoms with E-state index >= 15 is 0 Å². The quantitative estimate of drug-likeness (QED) is 0.255. The molecule has 2 aromatic carbocycles. The fourth-order valence-corrected chi connectivity index (χ4v) is 5.13. The highest BCUT2D eigenvalue weighted by Gasteiger charge is 2.18. The molecule has 0 fully saturated rings. The highest BCUT2D eigenvalue weighted by molar-refractivity contribution is 7.51. The van der Waals surface area contributed by atoms with E-state index < -0.39 is 0 Å². The number of hydrogen-bond acceptors (Lipinski definition) is 4. The second-order valence-corrected chi connectivity index (χ2v) is 11.9. The molecule has 1 heterocycles. The molecule has 188 valence electrons. The predicted octanol–water partition coefficient (Wildman–Crippen LogP) is 7.67. The van der Waals surface area contributed by atoms with Gasteiger partial charge in [-0.25, -0.2) is 9.37 Å². The number of ether oxygens (including phenoxy) is 2. The Morgan fingerprint density at radius 3 is 2.51 bits per heavy atom. The lowest BCUT2D eigenvalue weighted by Crippen LogP contribution is -2.11.